The number of carbonyl (C=O) groups excluding carboxylic acids is 3. The van der Waals surface area contributed by atoms with E-state index in [1.807, 2.05) is 30.3 Å². The number of fused-ring (bicyclic) bond motifs is 1. The smallest absolute Gasteiger partial charge is 0.293 e. The van der Waals surface area contributed by atoms with Crippen molar-refractivity contribution in [2.45, 2.75) is 4.90 Å². The third-order valence-corrected chi connectivity index (χ3v) is 6.26. The average Bonchev–Trinajstić information content (AvgIpc) is 3.32. The molecular weight excluding hydrogens is 424 g/mol. The van der Waals surface area contributed by atoms with Gasteiger partial charge in [0.25, 0.3) is 11.1 Å². The minimum absolute atomic E-state index is 0.130. The van der Waals surface area contributed by atoms with Crippen LogP contribution in [0.5, 0.6) is 11.5 Å². The van der Waals surface area contributed by atoms with Crippen LogP contribution in [0.1, 0.15) is 5.56 Å². The topological polar surface area (TPSA) is 84.9 Å². The van der Waals surface area contributed by atoms with Crippen molar-refractivity contribution in [1.82, 2.24) is 10.2 Å². The second kappa shape index (κ2) is 9.27. The molecule has 0 spiro atoms. The molecule has 0 radical (unpaired) electrons. The first-order chi connectivity index (χ1) is 14.6. The summed E-state index contributed by atoms with van der Waals surface area (Å²) in [6.07, 6.45) is 1.65. The number of thioether (sulfide) groups is 2. The molecule has 154 valence electrons. The summed E-state index contributed by atoms with van der Waals surface area (Å²) < 4.78 is 10.6. The van der Waals surface area contributed by atoms with Crippen LogP contribution in [-0.2, 0) is 9.59 Å². The van der Waals surface area contributed by atoms with E-state index in [1.165, 1.54) is 11.8 Å². The summed E-state index contributed by atoms with van der Waals surface area (Å²) in [5.74, 6) is 1.03. The Balaban J connectivity index is 1.28. The molecule has 30 heavy (non-hydrogen) atoms. The number of nitrogens with zero attached hydrogens (tertiary/aromatic N) is 1. The fraction of sp³-hybridized carbons (Fsp3) is 0.190. The number of nitrogens with one attached hydrogen (secondary N) is 1. The first-order valence-corrected chi connectivity index (χ1v) is 11.0. The van der Waals surface area contributed by atoms with E-state index >= 15 is 0 Å². The summed E-state index contributed by atoms with van der Waals surface area (Å²) in [4.78, 5) is 39.3. The molecule has 0 bridgehead atoms. The first kappa shape index (κ1) is 20.4. The summed E-state index contributed by atoms with van der Waals surface area (Å²) in [7, 11) is 0. The third-order valence-electron chi connectivity index (χ3n) is 4.34. The van der Waals surface area contributed by atoms with E-state index in [9.17, 15) is 14.4 Å². The molecule has 0 atom stereocenters. The van der Waals surface area contributed by atoms with Crippen LogP contribution in [0.15, 0.2) is 58.3 Å². The minimum atomic E-state index is -0.365. The summed E-state index contributed by atoms with van der Waals surface area (Å²) in [5, 5.41) is 2.40. The van der Waals surface area contributed by atoms with Gasteiger partial charge in [-0.1, -0.05) is 24.3 Å². The summed E-state index contributed by atoms with van der Waals surface area (Å²) in [6, 6.07) is 14.9. The van der Waals surface area contributed by atoms with E-state index in [2.05, 4.69) is 5.32 Å². The summed E-state index contributed by atoms with van der Waals surface area (Å²) in [6.45, 7) is 0.513. The number of hydrogen-bond donors (Lipinski definition) is 1. The van der Waals surface area contributed by atoms with Gasteiger partial charge in [-0.2, -0.15) is 0 Å². The highest BCUT2D eigenvalue weighted by Gasteiger charge is 2.34. The zero-order valence-electron chi connectivity index (χ0n) is 15.8. The Morgan fingerprint density at radius 1 is 1.13 bits per heavy atom. The van der Waals surface area contributed by atoms with Crippen molar-refractivity contribution in [2.24, 2.45) is 0 Å². The molecule has 0 aliphatic carbocycles. The Hall–Kier alpha value is -2.91. The lowest BCUT2D eigenvalue weighted by Gasteiger charge is -2.13. The molecule has 1 saturated heterocycles. The largest absolute Gasteiger partial charge is 0.454 e. The van der Waals surface area contributed by atoms with Gasteiger partial charge in [0.2, 0.25) is 12.7 Å². The number of rotatable bonds is 7. The zero-order valence-corrected chi connectivity index (χ0v) is 17.5. The van der Waals surface area contributed by atoms with Crippen LogP contribution in [-0.4, -0.2) is 47.6 Å². The van der Waals surface area contributed by atoms with Crippen molar-refractivity contribution in [2.75, 3.05) is 25.6 Å². The highest BCUT2D eigenvalue weighted by Crippen LogP contribution is 2.36. The zero-order chi connectivity index (χ0) is 20.9. The van der Waals surface area contributed by atoms with Crippen LogP contribution in [0, 0.1) is 0 Å². The van der Waals surface area contributed by atoms with Crippen molar-refractivity contribution in [3.63, 3.8) is 0 Å². The Kier molecular flexibility index (Phi) is 6.29. The molecule has 2 aromatic carbocycles. The number of imide groups is 1. The molecule has 2 heterocycles. The second-order valence-electron chi connectivity index (χ2n) is 6.40. The van der Waals surface area contributed by atoms with Gasteiger partial charge >= 0.3 is 0 Å². The molecule has 4 rings (SSSR count). The quantitative estimate of drug-likeness (QED) is 0.520. The second-order valence-corrected chi connectivity index (χ2v) is 8.44. The van der Waals surface area contributed by atoms with Crippen molar-refractivity contribution in [3.8, 4) is 11.5 Å². The van der Waals surface area contributed by atoms with Crippen LogP contribution >= 0.6 is 23.5 Å². The number of amides is 3. The van der Waals surface area contributed by atoms with Gasteiger partial charge in [-0.3, -0.25) is 19.3 Å². The van der Waals surface area contributed by atoms with Gasteiger partial charge in [0.15, 0.2) is 11.5 Å². The molecule has 3 amide bonds. The summed E-state index contributed by atoms with van der Waals surface area (Å²) in [5.41, 5.74) is 0.746. The van der Waals surface area contributed by atoms with E-state index in [0.717, 1.165) is 27.1 Å². The molecule has 0 unspecified atom stereocenters. The lowest BCUT2D eigenvalue weighted by atomic mass is 10.2. The van der Waals surface area contributed by atoms with Gasteiger partial charge in [-0.15, -0.1) is 11.8 Å². The lowest BCUT2D eigenvalue weighted by Crippen LogP contribution is -2.37. The minimum Gasteiger partial charge on any atom is -0.454 e. The maximum atomic E-state index is 12.6. The van der Waals surface area contributed by atoms with Gasteiger partial charge in [-0.25, -0.2) is 0 Å². The lowest BCUT2D eigenvalue weighted by molar-refractivity contribution is -0.123. The Morgan fingerprint density at radius 2 is 1.93 bits per heavy atom. The van der Waals surface area contributed by atoms with Crippen LogP contribution in [0.2, 0.25) is 0 Å². The highest BCUT2D eigenvalue weighted by molar-refractivity contribution is 8.18. The standard InChI is InChI=1S/C21H18N2O5S2/c24-19(12-29-15-4-2-1-3-5-15)22-8-9-23-20(25)18(30-21(23)26)11-14-6-7-16-17(10-14)28-13-27-16/h1-7,10-11H,8-9,12-13H2,(H,22,24)/b18-11-. The van der Waals surface area contributed by atoms with Crippen LogP contribution in [0.25, 0.3) is 6.08 Å². The van der Waals surface area contributed by atoms with Crippen molar-refractivity contribution in [1.29, 1.82) is 0 Å². The number of ether oxygens (including phenoxy) is 2. The number of carbonyl (C=O) groups is 3. The Morgan fingerprint density at radius 3 is 2.77 bits per heavy atom. The number of hydrogen-bond acceptors (Lipinski definition) is 7. The molecule has 2 aliphatic rings. The Labute approximate surface area is 181 Å². The van der Waals surface area contributed by atoms with Gasteiger partial charge in [0.1, 0.15) is 0 Å². The molecule has 9 heteroatoms. The van der Waals surface area contributed by atoms with Gasteiger partial charge in [0.05, 0.1) is 10.7 Å². The molecule has 1 N–H and O–H groups in total. The van der Waals surface area contributed by atoms with Gasteiger partial charge in [-0.05, 0) is 47.7 Å². The molecule has 0 saturated carbocycles. The fourth-order valence-corrected chi connectivity index (χ4v) is 4.49. The van der Waals surface area contributed by atoms with Crippen LogP contribution in [0.3, 0.4) is 0 Å². The van der Waals surface area contributed by atoms with Crippen molar-refractivity contribution in [3.05, 3.63) is 59.0 Å². The SMILES string of the molecule is O=C(CSc1ccccc1)NCCN1C(=O)S/C(=C\c2ccc3c(c2)OCO3)C1=O. The predicted molar refractivity (Wildman–Crippen MR) is 115 cm³/mol. The van der Waals surface area contributed by atoms with E-state index in [0.29, 0.717) is 16.4 Å². The van der Waals surface area contributed by atoms with E-state index in [4.69, 9.17) is 9.47 Å². The van der Waals surface area contributed by atoms with Gasteiger partial charge < -0.3 is 14.8 Å². The van der Waals surface area contributed by atoms with Crippen LogP contribution in [0.4, 0.5) is 4.79 Å². The first-order valence-electron chi connectivity index (χ1n) is 9.20. The normalized spacial score (nSPS) is 16.4. The van der Waals surface area contributed by atoms with E-state index in [-0.39, 0.29) is 42.7 Å². The van der Waals surface area contributed by atoms with Crippen LogP contribution < -0.4 is 14.8 Å². The van der Waals surface area contributed by atoms with Crippen molar-refractivity contribution < 1.29 is 23.9 Å². The molecule has 0 aromatic heterocycles. The van der Waals surface area contributed by atoms with E-state index in [1.54, 1.807) is 24.3 Å². The van der Waals surface area contributed by atoms with E-state index < -0.39 is 0 Å². The maximum Gasteiger partial charge on any atom is 0.293 e. The molecule has 7 nitrogen and oxygen atoms in total. The monoisotopic (exact) mass is 442 g/mol. The van der Waals surface area contributed by atoms with Crippen molar-refractivity contribution >= 4 is 46.7 Å². The summed E-state index contributed by atoms with van der Waals surface area (Å²) >= 11 is 2.32. The molecular formula is C21H18N2O5S2. The molecule has 2 aliphatic heterocycles. The highest BCUT2D eigenvalue weighted by atomic mass is 32.2. The molecule has 1 fully saturated rings. The Bertz CT molecular complexity index is 1010. The predicted octanol–water partition coefficient (Wildman–Crippen LogP) is 3.36. The maximum absolute atomic E-state index is 12.6. The number of benzene rings is 2. The average molecular weight is 443 g/mol. The third kappa shape index (κ3) is 4.80. The fourth-order valence-electron chi connectivity index (χ4n) is 2.87. The molecule has 2 aromatic rings. The van der Waals surface area contributed by atoms with Gasteiger partial charge in [0, 0.05) is 18.0 Å².